The summed E-state index contributed by atoms with van der Waals surface area (Å²) in [5.41, 5.74) is -0.0801. The standard InChI is InChI=1S/C20H17NO5/c1-11(2)12-7-8-15-16(9-12)26-20(25)14-6-4-3-5-13(14)18(24)19(15,20)21-17(23)10-22/h3-11,25H,1-2H3,(H,21,23). The van der Waals surface area contributed by atoms with E-state index in [-0.39, 0.29) is 23.3 Å². The first-order chi connectivity index (χ1) is 12.3. The average molecular weight is 351 g/mol. The minimum atomic E-state index is -2.11. The van der Waals surface area contributed by atoms with Gasteiger partial charge < -0.3 is 15.2 Å². The van der Waals surface area contributed by atoms with E-state index >= 15 is 0 Å². The Morgan fingerprint density at radius 3 is 2.62 bits per heavy atom. The summed E-state index contributed by atoms with van der Waals surface area (Å²) < 4.78 is 5.86. The van der Waals surface area contributed by atoms with Crippen molar-refractivity contribution in [1.82, 2.24) is 5.32 Å². The van der Waals surface area contributed by atoms with Crippen LogP contribution in [-0.4, -0.2) is 23.1 Å². The zero-order chi connectivity index (χ0) is 18.7. The zero-order valence-corrected chi connectivity index (χ0v) is 14.3. The second-order valence-electron chi connectivity index (χ2n) is 6.89. The third-order valence-corrected chi connectivity index (χ3v) is 5.14. The molecule has 0 radical (unpaired) electrons. The van der Waals surface area contributed by atoms with Crippen molar-refractivity contribution in [3.8, 4) is 5.75 Å². The van der Waals surface area contributed by atoms with E-state index in [1.807, 2.05) is 19.9 Å². The van der Waals surface area contributed by atoms with E-state index in [0.717, 1.165) is 5.56 Å². The number of aliphatic hydroxyl groups is 1. The molecule has 1 heterocycles. The summed E-state index contributed by atoms with van der Waals surface area (Å²) in [6.45, 7) is 4.02. The van der Waals surface area contributed by atoms with E-state index in [4.69, 9.17) is 4.74 Å². The van der Waals surface area contributed by atoms with Gasteiger partial charge in [-0.05, 0) is 17.5 Å². The Kier molecular flexibility index (Phi) is 3.33. The Morgan fingerprint density at radius 2 is 1.92 bits per heavy atom. The number of benzene rings is 2. The molecule has 4 rings (SSSR count). The van der Waals surface area contributed by atoms with Gasteiger partial charge in [-0.15, -0.1) is 0 Å². The number of fused-ring (bicyclic) bond motifs is 5. The number of carbonyl (C=O) groups excluding carboxylic acids is 3. The van der Waals surface area contributed by atoms with Crippen LogP contribution in [0.5, 0.6) is 5.75 Å². The fraction of sp³-hybridized carbons (Fsp3) is 0.250. The van der Waals surface area contributed by atoms with Crippen LogP contribution in [0, 0.1) is 0 Å². The minimum Gasteiger partial charge on any atom is -0.454 e. The van der Waals surface area contributed by atoms with Crippen LogP contribution in [0.3, 0.4) is 0 Å². The molecule has 0 bridgehead atoms. The molecule has 0 saturated heterocycles. The zero-order valence-electron chi connectivity index (χ0n) is 14.3. The van der Waals surface area contributed by atoms with Gasteiger partial charge in [0.2, 0.25) is 17.6 Å². The molecule has 2 N–H and O–H groups in total. The van der Waals surface area contributed by atoms with Crippen LogP contribution >= 0.6 is 0 Å². The van der Waals surface area contributed by atoms with Crippen molar-refractivity contribution in [2.24, 2.45) is 0 Å². The van der Waals surface area contributed by atoms with Crippen LogP contribution in [0.25, 0.3) is 0 Å². The second kappa shape index (κ2) is 5.25. The molecule has 2 aliphatic rings. The molecule has 6 heteroatoms. The lowest BCUT2D eigenvalue weighted by Crippen LogP contribution is -2.60. The molecule has 0 fully saturated rings. The lowest BCUT2D eigenvalue weighted by atomic mass is 9.82. The molecule has 1 aliphatic carbocycles. The lowest BCUT2D eigenvalue weighted by molar-refractivity contribution is -0.175. The number of hydrogen-bond acceptors (Lipinski definition) is 5. The van der Waals surface area contributed by atoms with Gasteiger partial charge in [-0.3, -0.25) is 14.4 Å². The molecule has 1 amide bonds. The number of ketones is 1. The third kappa shape index (κ3) is 1.82. The predicted molar refractivity (Wildman–Crippen MR) is 91.7 cm³/mol. The van der Waals surface area contributed by atoms with Gasteiger partial charge >= 0.3 is 0 Å². The van der Waals surface area contributed by atoms with Crippen LogP contribution in [0.1, 0.15) is 46.8 Å². The number of rotatable bonds is 3. The first kappa shape index (κ1) is 16.5. The van der Waals surface area contributed by atoms with Crippen molar-refractivity contribution in [2.75, 3.05) is 0 Å². The Bertz CT molecular complexity index is 966. The first-order valence-electron chi connectivity index (χ1n) is 8.32. The topological polar surface area (TPSA) is 92.7 Å². The molecule has 6 nitrogen and oxygen atoms in total. The molecular weight excluding hydrogens is 334 g/mol. The summed E-state index contributed by atoms with van der Waals surface area (Å²) in [5, 5.41) is 13.8. The largest absolute Gasteiger partial charge is 0.454 e. The number of ether oxygens (including phenoxy) is 1. The maximum atomic E-state index is 13.3. The van der Waals surface area contributed by atoms with Gasteiger partial charge in [0.25, 0.3) is 11.7 Å². The van der Waals surface area contributed by atoms with Crippen molar-refractivity contribution < 1.29 is 24.2 Å². The quantitative estimate of drug-likeness (QED) is 0.649. The number of nitrogens with one attached hydrogen (secondary N) is 1. The van der Waals surface area contributed by atoms with Crippen molar-refractivity contribution in [1.29, 1.82) is 0 Å². The van der Waals surface area contributed by atoms with E-state index in [2.05, 4.69) is 5.32 Å². The first-order valence-corrected chi connectivity index (χ1v) is 8.32. The van der Waals surface area contributed by atoms with Gasteiger partial charge in [-0.25, -0.2) is 0 Å². The molecule has 0 spiro atoms. The number of aldehydes is 1. The molecule has 132 valence electrons. The molecule has 0 aromatic heterocycles. The molecule has 0 saturated carbocycles. The van der Waals surface area contributed by atoms with Crippen molar-refractivity contribution >= 4 is 18.0 Å². The number of hydrogen-bond donors (Lipinski definition) is 2. The Morgan fingerprint density at radius 1 is 1.19 bits per heavy atom. The highest BCUT2D eigenvalue weighted by Crippen LogP contribution is 2.58. The van der Waals surface area contributed by atoms with Gasteiger partial charge in [0, 0.05) is 16.7 Å². The molecule has 1 aliphatic heterocycles. The van der Waals surface area contributed by atoms with Crippen molar-refractivity contribution in [3.05, 3.63) is 64.7 Å². The summed E-state index contributed by atoms with van der Waals surface area (Å²) in [7, 11) is 0. The van der Waals surface area contributed by atoms with Crippen LogP contribution in [0.4, 0.5) is 0 Å². The van der Waals surface area contributed by atoms with E-state index < -0.39 is 23.0 Å². The smallest absolute Gasteiger partial charge is 0.285 e. The summed E-state index contributed by atoms with van der Waals surface area (Å²) in [4.78, 5) is 36.2. The predicted octanol–water partition coefficient (Wildman–Crippen LogP) is 1.75. The molecule has 26 heavy (non-hydrogen) atoms. The summed E-state index contributed by atoms with van der Waals surface area (Å²) in [6.07, 6.45) is 0.0753. The maximum Gasteiger partial charge on any atom is 0.285 e. The summed E-state index contributed by atoms with van der Waals surface area (Å²) >= 11 is 0. The third-order valence-electron chi connectivity index (χ3n) is 5.14. The highest BCUT2D eigenvalue weighted by atomic mass is 16.6. The van der Waals surface area contributed by atoms with E-state index in [1.54, 1.807) is 36.4 Å². The maximum absolute atomic E-state index is 13.3. The van der Waals surface area contributed by atoms with Gasteiger partial charge in [0.05, 0.1) is 0 Å². The second-order valence-corrected chi connectivity index (χ2v) is 6.89. The van der Waals surface area contributed by atoms with E-state index in [1.165, 1.54) is 0 Å². The van der Waals surface area contributed by atoms with Crippen molar-refractivity contribution in [3.63, 3.8) is 0 Å². The van der Waals surface area contributed by atoms with Crippen LogP contribution < -0.4 is 10.1 Å². The Hall–Kier alpha value is -2.99. The number of carbonyl (C=O) groups is 3. The summed E-state index contributed by atoms with van der Waals surface area (Å²) in [6, 6.07) is 11.7. The summed E-state index contributed by atoms with van der Waals surface area (Å²) in [5.74, 6) is -3.11. The van der Waals surface area contributed by atoms with Crippen LogP contribution in [0.15, 0.2) is 42.5 Å². The highest BCUT2D eigenvalue weighted by Gasteiger charge is 2.71. The van der Waals surface area contributed by atoms with E-state index in [9.17, 15) is 19.5 Å². The normalized spacial score (nSPS) is 25.3. The number of amides is 1. The van der Waals surface area contributed by atoms with Gasteiger partial charge in [0.15, 0.2) is 0 Å². The molecule has 2 atom stereocenters. The fourth-order valence-corrected chi connectivity index (χ4v) is 3.85. The molecule has 2 aromatic carbocycles. The minimum absolute atomic E-state index is 0.0753. The van der Waals surface area contributed by atoms with Crippen LogP contribution in [-0.2, 0) is 20.9 Å². The van der Waals surface area contributed by atoms with Gasteiger partial charge in [-0.1, -0.05) is 50.2 Å². The van der Waals surface area contributed by atoms with Crippen LogP contribution in [0.2, 0.25) is 0 Å². The average Bonchev–Trinajstić information content (AvgIpc) is 2.99. The highest BCUT2D eigenvalue weighted by molar-refractivity contribution is 6.26. The monoisotopic (exact) mass is 351 g/mol. The van der Waals surface area contributed by atoms with Gasteiger partial charge in [0.1, 0.15) is 5.75 Å². The SMILES string of the molecule is CC(C)c1ccc2c(c1)OC1(O)c3ccccc3C(=O)C21NC(=O)C=O. The number of Topliss-reactive ketones (excluding diaryl/α,β-unsaturated/α-hetero) is 1. The Labute approximate surface area is 149 Å². The Balaban J connectivity index is 2.00. The molecular formula is C20H17NO5. The lowest BCUT2D eigenvalue weighted by Gasteiger charge is -2.33. The van der Waals surface area contributed by atoms with Gasteiger partial charge in [-0.2, -0.15) is 0 Å². The van der Waals surface area contributed by atoms with Crippen molar-refractivity contribution in [2.45, 2.75) is 31.1 Å². The fourth-order valence-electron chi connectivity index (χ4n) is 3.85. The molecule has 2 unspecified atom stereocenters. The molecule has 2 aromatic rings. The van der Waals surface area contributed by atoms with E-state index in [0.29, 0.717) is 11.3 Å².